The van der Waals surface area contributed by atoms with Gasteiger partial charge in [0.05, 0.1) is 5.56 Å². The summed E-state index contributed by atoms with van der Waals surface area (Å²) in [6.07, 6.45) is -1.71. The van der Waals surface area contributed by atoms with Crippen LogP contribution in [0.4, 0.5) is 13.2 Å². The van der Waals surface area contributed by atoms with Gasteiger partial charge in [-0.1, -0.05) is 13.5 Å². The first-order chi connectivity index (χ1) is 11.3. The fourth-order valence-electron chi connectivity index (χ4n) is 2.75. The van der Waals surface area contributed by atoms with Crippen molar-refractivity contribution in [3.05, 3.63) is 42.2 Å². The minimum atomic E-state index is -4.65. The van der Waals surface area contributed by atoms with Crippen molar-refractivity contribution in [2.75, 3.05) is 19.6 Å². The van der Waals surface area contributed by atoms with Crippen molar-refractivity contribution in [2.24, 2.45) is 0 Å². The molecule has 0 spiro atoms. The summed E-state index contributed by atoms with van der Waals surface area (Å²) in [5.74, 6) is -1.02. The number of nitrogens with zero attached hydrogens (tertiary/aromatic N) is 3. The lowest BCUT2D eigenvalue weighted by Gasteiger charge is -2.40. The zero-order valence-electron chi connectivity index (χ0n) is 13.2. The van der Waals surface area contributed by atoms with Crippen LogP contribution in [0.25, 0.3) is 0 Å². The monoisotopic (exact) mass is 341 g/mol. The number of rotatable bonds is 3. The average Bonchev–Trinajstić information content (AvgIpc) is 2.59. The molecule has 2 rings (SSSR count). The molecule has 1 atom stereocenters. The summed E-state index contributed by atoms with van der Waals surface area (Å²) in [7, 11) is 0. The number of hydrogen-bond donors (Lipinski definition) is 0. The second kappa shape index (κ2) is 7.02. The molecular formula is C16H18F3N3O2. The van der Waals surface area contributed by atoms with Gasteiger partial charge in [0.2, 0.25) is 5.91 Å². The van der Waals surface area contributed by atoms with Crippen LogP contribution in [-0.4, -0.2) is 52.3 Å². The van der Waals surface area contributed by atoms with Gasteiger partial charge in [-0.05, 0) is 24.6 Å². The highest BCUT2D eigenvalue weighted by Crippen LogP contribution is 2.31. The Kier molecular flexibility index (Phi) is 5.26. The Morgan fingerprint density at radius 1 is 1.42 bits per heavy atom. The van der Waals surface area contributed by atoms with Crippen LogP contribution in [0.1, 0.15) is 29.4 Å². The second-order valence-electron chi connectivity index (χ2n) is 5.45. The first-order valence-corrected chi connectivity index (χ1v) is 7.54. The highest BCUT2D eigenvalue weighted by Gasteiger charge is 2.38. The van der Waals surface area contributed by atoms with Gasteiger partial charge in [-0.25, -0.2) is 0 Å². The van der Waals surface area contributed by atoms with Crippen LogP contribution in [0, 0.1) is 0 Å². The molecule has 0 N–H and O–H groups in total. The van der Waals surface area contributed by atoms with E-state index in [0.29, 0.717) is 6.42 Å². The van der Waals surface area contributed by atoms with Crippen LogP contribution in [0.5, 0.6) is 0 Å². The molecule has 1 aromatic heterocycles. The smallest absolute Gasteiger partial charge is 0.333 e. The molecule has 0 bridgehead atoms. The number of amides is 2. The number of pyridine rings is 1. The lowest BCUT2D eigenvalue weighted by Crippen LogP contribution is -2.56. The molecule has 1 fully saturated rings. The molecule has 24 heavy (non-hydrogen) atoms. The summed E-state index contributed by atoms with van der Waals surface area (Å²) in [5, 5.41) is 0. The number of alkyl halides is 3. The Balaban J connectivity index is 2.24. The van der Waals surface area contributed by atoms with Crippen LogP contribution in [0.15, 0.2) is 31.0 Å². The second-order valence-corrected chi connectivity index (χ2v) is 5.45. The van der Waals surface area contributed by atoms with Crippen LogP contribution in [0.3, 0.4) is 0 Å². The van der Waals surface area contributed by atoms with Gasteiger partial charge in [-0.2, -0.15) is 13.2 Å². The zero-order valence-corrected chi connectivity index (χ0v) is 13.2. The first-order valence-electron chi connectivity index (χ1n) is 7.54. The summed E-state index contributed by atoms with van der Waals surface area (Å²) < 4.78 is 39.2. The zero-order chi connectivity index (χ0) is 17.9. The number of piperazine rings is 1. The van der Waals surface area contributed by atoms with Crippen LogP contribution in [-0.2, 0) is 11.0 Å². The molecule has 1 aliphatic heterocycles. The van der Waals surface area contributed by atoms with Gasteiger partial charge in [0.15, 0.2) is 0 Å². The van der Waals surface area contributed by atoms with E-state index in [2.05, 4.69) is 11.6 Å². The van der Waals surface area contributed by atoms with Crippen molar-refractivity contribution in [3.8, 4) is 0 Å². The van der Waals surface area contributed by atoms with Gasteiger partial charge in [0.25, 0.3) is 5.91 Å². The van der Waals surface area contributed by atoms with E-state index < -0.39 is 23.3 Å². The molecule has 0 aromatic carbocycles. The topological polar surface area (TPSA) is 53.5 Å². The number of hydrogen-bond acceptors (Lipinski definition) is 3. The number of aromatic nitrogens is 1. The molecular weight excluding hydrogens is 323 g/mol. The maximum atomic E-state index is 13.1. The molecule has 0 radical (unpaired) electrons. The van der Waals surface area contributed by atoms with E-state index >= 15 is 0 Å². The Labute approximate surface area is 137 Å². The predicted octanol–water partition coefficient (Wildman–Crippen LogP) is 2.35. The fourth-order valence-corrected chi connectivity index (χ4v) is 2.75. The maximum absolute atomic E-state index is 13.1. The molecule has 0 aliphatic carbocycles. The molecule has 0 saturated carbocycles. The van der Waals surface area contributed by atoms with E-state index in [1.54, 1.807) is 4.90 Å². The van der Waals surface area contributed by atoms with Gasteiger partial charge >= 0.3 is 6.18 Å². The predicted molar refractivity (Wildman–Crippen MR) is 81.1 cm³/mol. The van der Waals surface area contributed by atoms with E-state index in [1.165, 1.54) is 11.0 Å². The van der Waals surface area contributed by atoms with Crippen molar-refractivity contribution in [2.45, 2.75) is 25.6 Å². The largest absolute Gasteiger partial charge is 0.418 e. The molecule has 2 amide bonds. The molecule has 1 aromatic rings. The van der Waals surface area contributed by atoms with Crippen LogP contribution in [0.2, 0.25) is 0 Å². The summed E-state index contributed by atoms with van der Waals surface area (Å²) in [4.78, 5) is 30.9. The van der Waals surface area contributed by atoms with Gasteiger partial charge in [0, 0.05) is 31.9 Å². The Morgan fingerprint density at radius 3 is 2.71 bits per heavy atom. The molecule has 130 valence electrons. The maximum Gasteiger partial charge on any atom is 0.418 e. The number of halogens is 3. The van der Waals surface area contributed by atoms with Gasteiger partial charge in [-0.15, -0.1) is 0 Å². The molecule has 0 unspecified atom stereocenters. The van der Waals surface area contributed by atoms with Gasteiger partial charge < -0.3 is 9.80 Å². The quantitative estimate of drug-likeness (QED) is 0.793. The molecule has 2 heterocycles. The standard InChI is InChI=1S/C16H18F3N3O2/c1-3-11-10-21(8-9-22(11)13(23)4-2)15(24)14-12(16(17,18)19)6-5-7-20-14/h4-7,11H,2-3,8-10H2,1H3/t11-/m0/s1. The Bertz CT molecular complexity index is 646. The molecule has 8 heteroatoms. The van der Waals surface area contributed by atoms with Crippen molar-refractivity contribution in [1.82, 2.24) is 14.8 Å². The summed E-state index contributed by atoms with van der Waals surface area (Å²) >= 11 is 0. The third-order valence-corrected chi connectivity index (χ3v) is 4.01. The lowest BCUT2D eigenvalue weighted by molar-refractivity contribution is -0.138. The molecule has 1 aliphatic rings. The van der Waals surface area contributed by atoms with Gasteiger partial charge in [-0.3, -0.25) is 14.6 Å². The summed E-state index contributed by atoms with van der Waals surface area (Å²) in [5.41, 5.74) is -1.66. The van der Waals surface area contributed by atoms with E-state index in [-0.39, 0.29) is 31.6 Å². The third kappa shape index (κ3) is 3.58. The Hall–Kier alpha value is -2.38. The lowest BCUT2D eigenvalue weighted by atomic mass is 10.1. The number of carbonyl (C=O) groups excluding carboxylic acids is 2. The van der Waals surface area contributed by atoms with Crippen molar-refractivity contribution >= 4 is 11.8 Å². The minimum absolute atomic E-state index is 0.156. The van der Waals surface area contributed by atoms with Crippen molar-refractivity contribution < 1.29 is 22.8 Å². The van der Waals surface area contributed by atoms with Gasteiger partial charge in [0.1, 0.15) is 5.69 Å². The minimum Gasteiger partial charge on any atom is -0.333 e. The van der Waals surface area contributed by atoms with Crippen LogP contribution < -0.4 is 0 Å². The fraction of sp³-hybridized carbons (Fsp3) is 0.438. The highest BCUT2D eigenvalue weighted by atomic mass is 19.4. The summed E-state index contributed by atoms with van der Waals surface area (Å²) in [6, 6.07) is 1.73. The van der Waals surface area contributed by atoms with E-state index in [1.807, 2.05) is 6.92 Å². The average molecular weight is 341 g/mol. The Morgan fingerprint density at radius 2 is 2.12 bits per heavy atom. The van der Waals surface area contributed by atoms with Crippen molar-refractivity contribution in [3.63, 3.8) is 0 Å². The highest BCUT2D eigenvalue weighted by molar-refractivity contribution is 5.94. The number of carbonyl (C=O) groups is 2. The van der Waals surface area contributed by atoms with E-state index in [9.17, 15) is 22.8 Å². The van der Waals surface area contributed by atoms with Crippen molar-refractivity contribution in [1.29, 1.82) is 0 Å². The SMILES string of the molecule is C=CC(=O)N1CCN(C(=O)c2ncccc2C(F)(F)F)C[C@@H]1CC. The van der Waals surface area contributed by atoms with Crippen LogP contribution >= 0.6 is 0 Å². The molecule has 1 saturated heterocycles. The third-order valence-electron chi connectivity index (χ3n) is 4.01. The summed E-state index contributed by atoms with van der Waals surface area (Å²) in [6.45, 7) is 5.87. The molecule has 5 nitrogen and oxygen atoms in total. The first kappa shape index (κ1) is 18.0. The normalized spacial score (nSPS) is 18.4. The van der Waals surface area contributed by atoms with E-state index in [0.717, 1.165) is 18.3 Å². The van der Waals surface area contributed by atoms with E-state index in [4.69, 9.17) is 0 Å².